The third-order valence-electron chi connectivity index (χ3n) is 4.20. The van der Waals surface area contributed by atoms with E-state index in [1.165, 1.54) is 10.4 Å². The van der Waals surface area contributed by atoms with Crippen LogP contribution in [0, 0.1) is 6.92 Å². The smallest absolute Gasteiger partial charge is 0.265 e. The highest BCUT2D eigenvalue weighted by Gasteiger charge is 2.31. The van der Waals surface area contributed by atoms with Gasteiger partial charge in [-0.2, -0.15) is 0 Å². The molecule has 0 fully saturated rings. The van der Waals surface area contributed by atoms with Gasteiger partial charge in [-0.25, -0.2) is 8.42 Å². The summed E-state index contributed by atoms with van der Waals surface area (Å²) in [6, 6.07) is 9.85. The highest BCUT2D eigenvalue weighted by atomic mass is 35.5. The molecule has 6 nitrogen and oxygen atoms in total. The maximum Gasteiger partial charge on any atom is 0.265 e. The van der Waals surface area contributed by atoms with E-state index < -0.39 is 16.1 Å². The predicted molar refractivity (Wildman–Crippen MR) is 107 cm³/mol. The fraction of sp³-hybridized carbons (Fsp3) is 0.278. The van der Waals surface area contributed by atoms with Crippen molar-refractivity contribution < 1.29 is 17.9 Å². The predicted octanol–water partition coefficient (Wildman–Crippen LogP) is 3.86. The average molecular weight is 429 g/mol. The van der Waals surface area contributed by atoms with Gasteiger partial charge in [-0.15, -0.1) is 0 Å². The second-order valence-corrected chi connectivity index (χ2v) is 9.07. The molecule has 3 rings (SSSR count). The molecule has 2 aromatic carbocycles. The van der Waals surface area contributed by atoms with Crippen molar-refractivity contribution in [1.82, 2.24) is 0 Å². The lowest BCUT2D eigenvalue weighted by Crippen LogP contribution is -2.36. The van der Waals surface area contributed by atoms with E-state index in [1.54, 1.807) is 30.3 Å². The monoisotopic (exact) mass is 428 g/mol. The van der Waals surface area contributed by atoms with Gasteiger partial charge >= 0.3 is 0 Å². The van der Waals surface area contributed by atoms with Gasteiger partial charge in [-0.1, -0.05) is 29.3 Å². The molecule has 1 atom stereocenters. The molecule has 1 aliphatic rings. The second kappa shape index (κ2) is 7.58. The number of ether oxygens (including phenoxy) is 1. The number of aryl methyl sites for hydroxylation is 1. The van der Waals surface area contributed by atoms with Crippen LogP contribution in [0.3, 0.4) is 0 Å². The van der Waals surface area contributed by atoms with Crippen LogP contribution in [-0.4, -0.2) is 33.2 Å². The number of carbonyl (C=O) groups is 1. The van der Waals surface area contributed by atoms with E-state index in [0.29, 0.717) is 21.4 Å². The van der Waals surface area contributed by atoms with Crippen LogP contribution >= 0.6 is 23.2 Å². The molecule has 0 aliphatic carbocycles. The highest BCUT2D eigenvalue weighted by molar-refractivity contribution is 7.92. The van der Waals surface area contributed by atoms with Crippen molar-refractivity contribution in [1.29, 1.82) is 0 Å². The van der Waals surface area contributed by atoms with Gasteiger partial charge in [0.05, 0.1) is 11.9 Å². The average Bonchev–Trinajstić information content (AvgIpc) is 2.77. The first-order valence-electron chi connectivity index (χ1n) is 8.16. The van der Waals surface area contributed by atoms with Crippen molar-refractivity contribution in [3.63, 3.8) is 0 Å². The zero-order valence-electron chi connectivity index (χ0n) is 14.7. The number of sulfonamides is 1. The Morgan fingerprint density at radius 2 is 1.85 bits per heavy atom. The number of carbonyl (C=O) groups excluding carboxylic acids is 1. The molecule has 1 N–H and O–H groups in total. The molecular weight excluding hydrogens is 411 g/mol. The number of nitrogens with zero attached hydrogens (tertiary/aromatic N) is 1. The molecular formula is C18H18Cl2N2O4S. The number of nitrogens with one attached hydrogen (secondary N) is 1. The number of amides is 1. The van der Waals surface area contributed by atoms with Crippen LogP contribution in [0.4, 0.5) is 11.4 Å². The molecule has 0 saturated heterocycles. The summed E-state index contributed by atoms with van der Waals surface area (Å²) in [5.74, 6) is -0.0955. The van der Waals surface area contributed by atoms with Crippen LogP contribution in [0.2, 0.25) is 10.0 Å². The van der Waals surface area contributed by atoms with Crippen molar-refractivity contribution in [2.45, 2.75) is 19.4 Å². The third kappa shape index (κ3) is 4.48. The molecule has 1 amide bonds. The molecule has 9 heteroatoms. The van der Waals surface area contributed by atoms with Crippen LogP contribution < -0.4 is 14.4 Å². The minimum absolute atomic E-state index is 0.0960. The lowest BCUT2D eigenvalue weighted by Gasteiger charge is -2.21. The number of halogens is 2. The van der Waals surface area contributed by atoms with Crippen LogP contribution in [0.15, 0.2) is 36.4 Å². The van der Waals surface area contributed by atoms with E-state index in [4.69, 9.17) is 27.9 Å². The van der Waals surface area contributed by atoms with Crippen molar-refractivity contribution in [2.24, 2.45) is 0 Å². The molecule has 0 spiro atoms. The number of fused-ring (bicyclic) bond motifs is 1. The van der Waals surface area contributed by atoms with Crippen LogP contribution in [0.5, 0.6) is 5.75 Å². The topological polar surface area (TPSA) is 75.7 Å². The van der Waals surface area contributed by atoms with Gasteiger partial charge in [0.2, 0.25) is 10.0 Å². The van der Waals surface area contributed by atoms with Crippen molar-refractivity contribution in [3.8, 4) is 5.75 Å². The van der Waals surface area contributed by atoms with E-state index in [9.17, 15) is 13.2 Å². The maximum atomic E-state index is 12.7. The van der Waals surface area contributed by atoms with E-state index in [1.807, 2.05) is 6.92 Å². The number of hydrogen-bond donors (Lipinski definition) is 1. The van der Waals surface area contributed by atoms with Crippen LogP contribution in [-0.2, 0) is 14.8 Å². The molecule has 27 heavy (non-hydrogen) atoms. The number of anilines is 2. The Morgan fingerprint density at radius 1 is 1.19 bits per heavy atom. The minimum atomic E-state index is -3.55. The van der Waals surface area contributed by atoms with Crippen molar-refractivity contribution in [3.05, 3.63) is 52.0 Å². The Hall–Kier alpha value is -1.96. The lowest BCUT2D eigenvalue weighted by atomic mass is 10.2. The summed E-state index contributed by atoms with van der Waals surface area (Å²) in [7, 11) is -3.55. The molecule has 2 aromatic rings. The molecule has 0 radical (unpaired) electrons. The van der Waals surface area contributed by atoms with Crippen LogP contribution in [0.1, 0.15) is 12.0 Å². The first-order chi connectivity index (χ1) is 12.6. The summed E-state index contributed by atoms with van der Waals surface area (Å²) in [6.07, 6.45) is 0.424. The first-order valence-corrected chi connectivity index (χ1v) is 10.8. The largest absolute Gasteiger partial charge is 0.478 e. The molecule has 0 saturated carbocycles. The zero-order valence-corrected chi connectivity index (χ0v) is 17.0. The highest BCUT2D eigenvalue weighted by Crippen LogP contribution is 2.36. The van der Waals surface area contributed by atoms with E-state index >= 15 is 0 Å². The van der Waals surface area contributed by atoms with Crippen LogP contribution in [0.25, 0.3) is 0 Å². The molecule has 144 valence electrons. The lowest BCUT2D eigenvalue weighted by molar-refractivity contribution is -0.122. The Kier molecular flexibility index (Phi) is 5.55. The summed E-state index contributed by atoms with van der Waals surface area (Å²) >= 11 is 12.0. The van der Waals surface area contributed by atoms with Gasteiger partial charge in [-0.3, -0.25) is 9.10 Å². The van der Waals surface area contributed by atoms with Gasteiger partial charge in [0.25, 0.3) is 5.91 Å². The van der Waals surface area contributed by atoms with E-state index in [2.05, 4.69) is 5.32 Å². The van der Waals surface area contributed by atoms with Gasteiger partial charge in [0.15, 0.2) is 6.10 Å². The standard InChI is InChI=1S/C18H18Cl2N2O4S/c1-11-3-4-12(19)9-14(11)21-18(23)17-7-8-22(27(2,24)25)15-10-13(20)5-6-16(15)26-17/h3-6,9-10,17H,7-8H2,1-2H3,(H,21,23). The van der Waals surface area contributed by atoms with Gasteiger partial charge in [-0.05, 0) is 42.8 Å². The number of benzene rings is 2. The Bertz CT molecular complexity index is 995. The van der Waals surface area contributed by atoms with Gasteiger partial charge in [0.1, 0.15) is 5.75 Å². The maximum absolute atomic E-state index is 12.7. The Balaban J connectivity index is 1.90. The van der Waals surface area contributed by atoms with Gasteiger partial charge < -0.3 is 10.1 Å². The fourth-order valence-electron chi connectivity index (χ4n) is 2.82. The second-order valence-electron chi connectivity index (χ2n) is 6.29. The number of rotatable bonds is 3. The molecule has 0 aromatic heterocycles. The zero-order chi connectivity index (χ0) is 19.8. The summed E-state index contributed by atoms with van der Waals surface area (Å²) in [4.78, 5) is 12.7. The van der Waals surface area contributed by atoms with E-state index in [0.717, 1.165) is 11.8 Å². The number of hydrogen-bond acceptors (Lipinski definition) is 4. The molecule has 1 aliphatic heterocycles. The fourth-order valence-corrected chi connectivity index (χ4v) is 4.10. The van der Waals surface area contributed by atoms with Gasteiger partial charge in [0, 0.05) is 28.7 Å². The Labute approximate surface area is 168 Å². The molecule has 1 heterocycles. The molecule has 0 bridgehead atoms. The summed E-state index contributed by atoms with van der Waals surface area (Å²) in [5, 5.41) is 3.68. The SMILES string of the molecule is Cc1ccc(Cl)cc1NC(=O)C1CCN(S(C)(=O)=O)c2cc(Cl)ccc2O1. The van der Waals surface area contributed by atoms with E-state index in [-0.39, 0.29) is 24.6 Å². The Morgan fingerprint density at radius 3 is 2.56 bits per heavy atom. The summed E-state index contributed by atoms with van der Waals surface area (Å²) in [6.45, 7) is 1.95. The van der Waals surface area contributed by atoms with Crippen molar-refractivity contribution >= 4 is 50.5 Å². The summed E-state index contributed by atoms with van der Waals surface area (Å²) < 4.78 is 31.4. The summed E-state index contributed by atoms with van der Waals surface area (Å²) in [5.41, 5.74) is 1.75. The molecule has 1 unspecified atom stereocenters. The quantitative estimate of drug-likeness (QED) is 0.804. The first kappa shape index (κ1) is 19.8. The van der Waals surface area contributed by atoms with Crippen molar-refractivity contribution in [2.75, 3.05) is 22.4 Å². The minimum Gasteiger partial charge on any atom is -0.478 e. The third-order valence-corrected chi connectivity index (χ3v) is 5.85. The normalized spacial score (nSPS) is 16.9.